The van der Waals surface area contributed by atoms with Gasteiger partial charge in [0.2, 0.25) is 5.69 Å². The topological polar surface area (TPSA) is 162 Å². The van der Waals surface area contributed by atoms with Gasteiger partial charge in [-0.1, -0.05) is 68.5 Å². The van der Waals surface area contributed by atoms with Gasteiger partial charge in [-0.05, 0) is 110 Å². The molecule has 4 aromatic carbocycles. The largest absolute Gasteiger partial charge is 0.494 e. The van der Waals surface area contributed by atoms with Crippen LogP contribution in [-0.4, -0.2) is 78.5 Å². The zero-order chi connectivity index (χ0) is 43.3. The van der Waals surface area contributed by atoms with Crippen LogP contribution in [0.1, 0.15) is 90.2 Å². The average Bonchev–Trinajstić information content (AvgIpc) is 3.53. The summed E-state index contributed by atoms with van der Waals surface area (Å²) in [7, 11) is -8.13. The molecule has 2 heterocycles. The van der Waals surface area contributed by atoms with Crippen molar-refractivity contribution in [3.05, 3.63) is 114 Å². The highest BCUT2D eigenvalue weighted by Crippen LogP contribution is 2.51. The summed E-state index contributed by atoms with van der Waals surface area (Å²) in [5.41, 5.74) is 5.77. The van der Waals surface area contributed by atoms with Crippen LogP contribution in [0.25, 0.3) is 21.5 Å². The van der Waals surface area contributed by atoms with E-state index in [-0.39, 0.29) is 23.3 Å². The first-order valence-corrected chi connectivity index (χ1v) is 23.9. The minimum absolute atomic E-state index is 0.150. The van der Waals surface area contributed by atoms with E-state index in [1.165, 1.54) is 10.9 Å². The lowest BCUT2D eigenvalue weighted by Gasteiger charge is -2.27. The minimum Gasteiger partial charge on any atom is -0.494 e. The number of anilines is 1. The van der Waals surface area contributed by atoms with Crippen molar-refractivity contribution in [1.82, 2.24) is 0 Å². The van der Waals surface area contributed by atoms with Crippen molar-refractivity contribution >= 4 is 64.8 Å². The molecule has 0 radical (unpaired) electrons. The molecule has 0 aromatic heterocycles. The molecular formula is C47H57N2O9S2+. The van der Waals surface area contributed by atoms with E-state index in [1.54, 1.807) is 0 Å². The number of benzene rings is 4. The first-order valence-electron chi connectivity index (χ1n) is 20.7. The monoisotopic (exact) mass is 857 g/mol. The van der Waals surface area contributed by atoms with Crippen molar-refractivity contribution in [2.45, 2.75) is 89.9 Å². The van der Waals surface area contributed by atoms with E-state index in [2.05, 4.69) is 97.9 Å². The fourth-order valence-corrected chi connectivity index (χ4v) is 10.0. The predicted octanol–water partition coefficient (Wildman–Crippen LogP) is 9.52. The van der Waals surface area contributed by atoms with Gasteiger partial charge >= 0.3 is 5.97 Å². The number of allylic oxidation sites excluding steroid dienone is 6. The highest BCUT2D eigenvalue weighted by Gasteiger charge is 2.45. The Hall–Kier alpha value is -4.82. The fourth-order valence-electron chi connectivity index (χ4n) is 8.88. The Balaban J connectivity index is 1.30. The van der Waals surface area contributed by atoms with E-state index in [0.29, 0.717) is 51.8 Å². The highest BCUT2D eigenvalue weighted by atomic mass is 32.2. The van der Waals surface area contributed by atoms with E-state index < -0.39 is 31.6 Å². The second-order valence-electron chi connectivity index (χ2n) is 16.8. The molecule has 0 unspecified atom stereocenters. The van der Waals surface area contributed by atoms with Crippen LogP contribution in [0.5, 0.6) is 5.75 Å². The third kappa shape index (κ3) is 10.4. The third-order valence-electron chi connectivity index (χ3n) is 11.7. The maximum Gasteiger partial charge on any atom is 0.303 e. The summed E-state index contributed by atoms with van der Waals surface area (Å²) in [4.78, 5) is 13.1. The standard InChI is InChI=1S/C47H56N2O9S2/c1-46(2)41(48(28-12-15-31-59(52,53)54)39-26-23-34-17-10-11-18-37(34)44(39)46)19-7-5-8-20-42-47(3,4)45-38-33-36(58-30-14-6-9-21-43(50)51)25-22-35(38)24-27-40(45)49(42)29-13-16-32-60(55,56)57/h5,7-8,10-11,17-20,22-27,33H,6,9,12-16,21,28-32H2,1-4H3,(H2-,50,51,52,53,54,55,56,57)/p+1. The Labute approximate surface area is 354 Å². The maximum atomic E-state index is 11.6. The van der Waals surface area contributed by atoms with E-state index in [4.69, 9.17) is 9.84 Å². The molecule has 0 aliphatic carbocycles. The molecule has 60 heavy (non-hydrogen) atoms. The predicted molar refractivity (Wildman–Crippen MR) is 240 cm³/mol. The van der Waals surface area contributed by atoms with Crippen molar-refractivity contribution in [3.63, 3.8) is 0 Å². The molecule has 0 fully saturated rings. The molecule has 13 heteroatoms. The van der Waals surface area contributed by atoms with Crippen LogP contribution in [0.15, 0.2) is 103 Å². The van der Waals surface area contributed by atoms with Crippen molar-refractivity contribution < 1.29 is 45.2 Å². The number of hydrogen-bond acceptors (Lipinski definition) is 7. The van der Waals surface area contributed by atoms with Crippen LogP contribution < -0.4 is 9.64 Å². The molecule has 0 saturated carbocycles. The van der Waals surface area contributed by atoms with Gasteiger partial charge in [0.15, 0.2) is 5.71 Å². The maximum absolute atomic E-state index is 11.6. The summed E-state index contributed by atoms with van der Waals surface area (Å²) in [6.07, 6.45) is 14.3. The summed E-state index contributed by atoms with van der Waals surface area (Å²) in [6.45, 7) is 10.4. The number of ether oxygens (including phenoxy) is 1. The number of unbranched alkanes of at least 4 members (excludes halogenated alkanes) is 4. The van der Waals surface area contributed by atoms with Gasteiger partial charge in [0.05, 0.1) is 23.5 Å². The molecule has 3 N–H and O–H groups in total. The molecule has 6 rings (SSSR count). The summed E-state index contributed by atoms with van der Waals surface area (Å²) < 4.78 is 73.2. The Morgan fingerprint density at radius 2 is 1.42 bits per heavy atom. The Morgan fingerprint density at radius 3 is 2.15 bits per heavy atom. The second-order valence-corrected chi connectivity index (χ2v) is 19.9. The van der Waals surface area contributed by atoms with E-state index >= 15 is 0 Å². The highest BCUT2D eigenvalue weighted by molar-refractivity contribution is 7.86. The summed E-state index contributed by atoms with van der Waals surface area (Å²) >= 11 is 0. The number of aliphatic carboxylic acids is 1. The number of rotatable bonds is 20. The fraction of sp³-hybridized carbons (Fsp3) is 0.404. The molecule has 320 valence electrons. The van der Waals surface area contributed by atoms with Gasteiger partial charge < -0.3 is 14.7 Å². The quantitative estimate of drug-likeness (QED) is 0.0338. The van der Waals surface area contributed by atoms with E-state index in [9.17, 15) is 30.7 Å². The molecular weight excluding hydrogens is 801 g/mol. The van der Waals surface area contributed by atoms with Gasteiger partial charge in [-0.3, -0.25) is 13.9 Å². The zero-order valence-corrected chi connectivity index (χ0v) is 36.6. The van der Waals surface area contributed by atoms with Gasteiger partial charge in [0.25, 0.3) is 20.2 Å². The van der Waals surface area contributed by atoms with Crippen LogP contribution in [-0.2, 0) is 35.9 Å². The molecule has 0 atom stereocenters. The van der Waals surface area contributed by atoms with Gasteiger partial charge in [-0.25, -0.2) is 0 Å². The molecule has 2 aliphatic heterocycles. The third-order valence-corrected chi connectivity index (χ3v) is 13.3. The van der Waals surface area contributed by atoms with Crippen LogP contribution in [0.2, 0.25) is 0 Å². The molecule has 0 saturated heterocycles. The molecule has 11 nitrogen and oxygen atoms in total. The average molecular weight is 858 g/mol. The van der Waals surface area contributed by atoms with Gasteiger partial charge in [0, 0.05) is 53.9 Å². The minimum atomic E-state index is -4.08. The van der Waals surface area contributed by atoms with Gasteiger partial charge in [0.1, 0.15) is 12.3 Å². The van der Waals surface area contributed by atoms with Crippen LogP contribution in [0.4, 0.5) is 11.4 Å². The number of fused-ring (bicyclic) bond motifs is 6. The Kier molecular flexibility index (Phi) is 13.7. The summed E-state index contributed by atoms with van der Waals surface area (Å²) in [6, 6.07) is 22.9. The Morgan fingerprint density at radius 1 is 0.733 bits per heavy atom. The molecule has 2 aliphatic rings. The van der Waals surface area contributed by atoms with Crippen LogP contribution >= 0.6 is 0 Å². The Bertz CT molecular complexity index is 2610. The van der Waals surface area contributed by atoms with Crippen molar-refractivity contribution in [2.75, 3.05) is 36.1 Å². The first kappa shape index (κ1) is 44.7. The summed E-state index contributed by atoms with van der Waals surface area (Å²) in [5.74, 6) is -0.638. The van der Waals surface area contributed by atoms with Gasteiger partial charge in [-0.15, -0.1) is 0 Å². The number of hydrogen-bond donors (Lipinski definition) is 3. The molecule has 0 amide bonds. The van der Waals surface area contributed by atoms with Gasteiger partial charge in [-0.2, -0.15) is 21.4 Å². The lowest BCUT2D eigenvalue weighted by molar-refractivity contribution is -0.438. The van der Waals surface area contributed by atoms with Crippen molar-refractivity contribution in [1.29, 1.82) is 0 Å². The van der Waals surface area contributed by atoms with E-state index in [1.807, 2.05) is 36.4 Å². The van der Waals surface area contributed by atoms with Crippen molar-refractivity contribution in [2.24, 2.45) is 0 Å². The molecule has 0 spiro atoms. The number of nitrogens with zero attached hydrogens (tertiary/aromatic N) is 2. The lowest BCUT2D eigenvalue weighted by Crippen LogP contribution is -2.28. The first-order chi connectivity index (χ1) is 28.4. The molecule has 0 bridgehead atoms. The van der Waals surface area contributed by atoms with Crippen LogP contribution in [0, 0.1) is 0 Å². The van der Waals surface area contributed by atoms with Crippen LogP contribution in [0.3, 0.4) is 0 Å². The lowest BCUT2D eigenvalue weighted by atomic mass is 9.79. The number of carbonyl (C=O) groups is 1. The second kappa shape index (κ2) is 18.4. The number of carboxylic acid groups (broad SMARTS) is 1. The smallest absolute Gasteiger partial charge is 0.303 e. The summed E-state index contributed by atoms with van der Waals surface area (Å²) in [5, 5.41) is 13.4. The normalized spacial score (nSPS) is 16.8. The SMILES string of the molecule is CC1(C)C(/C=C/C=C/C=C2\N(CCCCS(=O)(=O)O)c3ccc4ccc(OCCCCCC(=O)O)cc4c3C2(C)C)=[N+](CCCCS(=O)(=O)O)c2ccc3ccccc3c21. The molecule has 4 aromatic rings. The number of carboxylic acids is 1. The zero-order valence-electron chi connectivity index (χ0n) is 34.9. The van der Waals surface area contributed by atoms with Crippen molar-refractivity contribution in [3.8, 4) is 5.75 Å². The van der Waals surface area contributed by atoms with E-state index in [0.717, 1.165) is 63.1 Å².